The topological polar surface area (TPSA) is 111 Å². The number of sulfonamides is 1. The molecular formula is C26H26N4O5S. The first-order valence-corrected chi connectivity index (χ1v) is 13.3. The SMILES string of the molecule is C[C@H]1CN(C(=O)O)c2cc(-c3ccc(N4CCCS4(=O)=O)cc3)ccc2N1C(=O)Cc1cccnc1. The van der Waals surface area contributed by atoms with Crippen molar-refractivity contribution in [2.75, 3.05) is 32.9 Å². The van der Waals surface area contributed by atoms with E-state index in [0.29, 0.717) is 30.0 Å². The highest BCUT2D eigenvalue weighted by molar-refractivity contribution is 7.93. The molecule has 0 bridgehead atoms. The molecule has 1 aromatic heterocycles. The monoisotopic (exact) mass is 506 g/mol. The molecule has 0 saturated carbocycles. The summed E-state index contributed by atoms with van der Waals surface area (Å²) in [7, 11) is -3.27. The molecule has 0 spiro atoms. The summed E-state index contributed by atoms with van der Waals surface area (Å²) in [6.07, 6.45) is 2.98. The minimum absolute atomic E-state index is 0.134. The molecule has 10 heteroatoms. The van der Waals surface area contributed by atoms with Crippen molar-refractivity contribution in [3.05, 3.63) is 72.6 Å². The van der Waals surface area contributed by atoms with Crippen LogP contribution in [-0.2, 0) is 21.2 Å². The molecule has 186 valence electrons. The molecular weight excluding hydrogens is 480 g/mol. The standard InChI is InChI=1S/C26H26N4O5S/c1-18-17-28(26(32)33)24-15-21(20-5-8-22(9-6-20)29-12-3-13-36(29,34)35)7-10-23(24)30(18)25(31)14-19-4-2-11-27-16-19/h2,4-11,15-16,18H,3,12-14,17H2,1H3,(H,32,33)/t18-/m0/s1. The lowest BCUT2D eigenvalue weighted by Gasteiger charge is -2.40. The zero-order valence-corrected chi connectivity index (χ0v) is 20.6. The average molecular weight is 507 g/mol. The summed E-state index contributed by atoms with van der Waals surface area (Å²) < 4.78 is 25.9. The van der Waals surface area contributed by atoms with Gasteiger partial charge in [-0.2, -0.15) is 0 Å². The summed E-state index contributed by atoms with van der Waals surface area (Å²) in [6, 6.07) is 15.8. The smallest absolute Gasteiger partial charge is 0.411 e. The Morgan fingerprint density at radius 3 is 2.44 bits per heavy atom. The molecule has 1 atom stereocenters. The number of pyridine rings is 1. The van der Waals surface area contributed by atoms with Gasteiger partial charge in [0, 0.05) is 25.5 Å². The van der Waals surface area contributed by atoms with Crippen molar-refractivity contribution in [3.63, 3.8) is 0 Å². The molecule has 2 aliphatic heterocycles. The fraction of sp³-hybridized carbons (Fsp3) is 0.269. The minimum atomic E-state index is -3.27. The second-order valence-electron chi connectivity index (χ2n) is 9.04. The van der Waals surface area contributed by atoms with Crippen LogP contribution < -0.4 is 14.1 Å². The van der Waals surface area contributed by atoms with Gasteiger partial charge >= 0.3 is 6.09 Å². The van der Waals surface area contributed by atoms with Crippen LogP contribution in [0.2, 0.25) is 0 Å². The third-order valence-corrected chi connectivity index (χ3v) is 8.45. The van der Waals surface area contributed by atoms with Crippen molar-refractivity contribution in [1.82, 2.24) is 4.98 Å². The Balaban J connectivity index is 1.48. The van der Waals surface area contributed by atoms with E-state index >= 15 is 0 Å². The van der Waals surface area contributed by atoms with Crippen molar-refractivity contribution in [2.45, 2.75) is 25.8 Å². The van der Waals surface area contributed by atoms with E-state index < -0.39 is 16.1 Å². The van der Waals surface area contributed by atoms with Gasteiger partial charge in [-0.05, 0) is 60.4 Å². The Bertz CT molecular complexity index is 1410. The van der Waals surface area contributed by atoms with E-state index in [1.807, 2.05) is 31.2 Å². The Hall–Kier alpha value is -3.92. The van der Waals surface area contributed by atoms with Crippen molar-refractivity contribution in [1.29, 1.82) is 0 Å². The predicted molar refractivity (Wildman–Crippen MR) is 138 cm³/mol. The van der Waals surface area contributed by atoms with Crippen LogP contribution in [0.5, 0.6) is 0 Å². The minimum Gasteiger partial charge on any atom is -0.465 e. The molecule has 36 heavy (non-hydrogen) atoms. The molecule has 0 unspecified atom stereocenters. The number of benzene rings is 2. The molecule has 1 fully saturated rings. The van der Waals surface area contributed by atoms with Gasteiger partial charge in [0.25, 0.3) is 0 Å². The number of hydrogen-bond donors (Lipinski definition) is 1. The average Bonchev–Trinajstić information content (AvgIpc) is 3.22. The number of rotatable bonds is 4. The third-order valence-electron chi connectivity index (χ3n) is 6.58. The highest BCUT2D eigenvalue weighted by Gasteiger charge is 2.35. The lowest BCUT2D eigenvalue weighted by molar-refractivity contribution is -0.118. The molecule has 1 saturated heterocycles. The quantitative estimate of drug-likeness (QED) is 0.577. The van der Waals surface area contributed by atoms with Crippen LogP contribution in [0.25, 0.3) is 11.1 Å². The number of carbonyl (C=O) groups excluding carboxylic acids is 1. The molecule has 3 heterocycles. The molecule has 0 aliphatic carbocycles. The number of nitrogens with zero attached hydrogens (tertiary/aromatic N) is 4. The number of carboxylic acid groups (broad SMARTS) is 1. The van der Waals surface area contributed by atoms with E-state index in [0.717, 1.165) is 16.7 Å². The highest BCUT2D eigenvalue weighted by atomic mass is 32.2. The molecule has 2 aliphatic rings. The van der Waals surface area contributed by atoms with Crippen molar-refractivity contribution >= 4 is 39.1 Å². The maximum absolute atomic E-state index is 13.3. The Labute approximate surface area is 209 Å². The van der Waals surface area contributed by atoms with Gasteiger partial charge in [-0.3, -0.25) is 19.0 Å². The van der Waals surface area contributed by atoms with Crippen LogP contribution >= 0.6 is 0 Å². The highest BCUT2D eigenvalue weighted by Crippen LogP contribution is 2.39. The summed E-state index contributed by atoms with van der Waals surface area (Å²) in [5.74, 6) is 0.0182. The first-order chi connectivity index (χ1) is 17.2. The molecule has 0 radical (unpaired) electrons. The Kier molecular flexibility index (Phi) is 6.13. The van der Waals surface area contributed by atoms with Crippen molar-refractivity contribution in [3.8, 4) is 11.1 Å². The van der Waals surface area contributed by atoms with Gasteiger partial charge in [0.2, 0.25) is 15.9 Å². The number of fused-ring (bicyclic) bond motifs is 1. The molecule has 2 amide bonds. The Morgan fingerprint density at radius 2 is 1.81 bits per heavy atom. The first kappa shape index (κ1) is 23.8. The van der Waals surface area contributed by atoms with Crippen LogP contribution in [0.1, 0.15) is 18.9 Å². The molecule has 9 nitrogen and oxygen atoms in total. The van der Waals surface area contributed by atoms with Crippen LogP contribution in [0.4, 0.5) is 21.9 Å². The first-order valence-electron chi connectivity index (χ1n) is 11.7. The number of amides is 2. The zero-order valence-electron chi connectivity index (χ0n) is 19.7. The lowest BCUT2D eigenvalue weighted by Crippen LogP contribution is -2.52. The maximum atomic E-state index is 13.3. The van der Waals surface area contributed by atoms with E-state index in [1.165, 1.54) is 9.21 Å². The second-order valence-corrected chi connectivity index (χ2v) is 11.0. The third kappa shape index (κ3) is 4.39. The zero-order chi connectivity index (χ0) is 25.4. The Morgan fingerprint density at radius 1 is 1.06 bits per heavy atom. The molecule has 2 aromatic carbocycles. The summed E-state index contributed by atoms with van der Waals surface area (Å²) in [5, 5.41) is 9.88. The van der Waals surface area contributed by atoms with Gasteiger partial charge in [-0.15, -0.1) is 0 Å². The van der Waals surface area contributed by atoms with E-state index in [9.17, 15) is 23.1 Å². The van der Waals surface area contributed by atoms with Gasteiger partial charge in [0.1, 0.15) is 0 Å². The van der Waals surface area contributed by atoms with Gasteiger partial charge in [0.05, 0.1) is 35.3 Å². The summed E-state index contributed by atoms with van der Waals surface area (Å²) in [4.78, 5) is 32.3. The summed E-state index contributed by atoms with van der Waals surface area (Å²) >= 11 is 0. The van der Waals surface area contributed by atoms with Gasteiger partial charge in [0.15, 0.2) is 0 Å². The van der Waals surface area contributed by atoms with Crippen molar-refractivity contribution in [2.24, 2.45) is 0 Å². The summed E-state index contributed by atoms with van der Waals surface area (Å²) in [5.41, 5.74) is 3.95. The fourth-order valence-corrected chi connectivity index (χ4v) is 6.44. The normalized spacial score (nSPS) is 18.7. The summed E-state index contributed by atoms with van der Waals surface area (Å²) in [6.45, 7) is 2.45. The number of carbonyl (C=O) groups is 2. The van der Waals surface area contributed by atoms with E-state index in [4.69, 9.17) is 0 Å². The number of hydrogen-bond acceptors (Lipinski definition) is 5. The number of anilines is 3. The van der Waals surface area contributed by atoms with Gasteiger partial charge < -0.3 is 10.0 Å². The lowest BCUT2D eigenvalue weighted by atomic mass is 10.00. The fourth-order valence-electron chi connectivity index (χ4n) is 4.88. The van der Waals surface area contributed by atoms with Crippen molar-refractivity contribution < 1.29 is 23.1 Å². The van der Waals surface area contributed by atoms with Gasteiger partial charge in [-0.25, -0.2) is 13.2 Å². The maximum Gasteiger partial charge on any atom is 0.411 e. The largest absolute Gasteiger partial charge is 0.465 e. The number of aromatic nitrogens is 1. The van der Waals surface area contributed by atoms with E-state index in [-0.39, 0.29) is 30.7 Å². The van der Waals surface area contributed by atoms with Crippen LogP contribution in [0.3, 0.4) is 0 Å². The predicted octanol–water partition coefficient (Wildman–Crippen LogP) is 3.75. The second kappa shape index (κ2) is 9.27. The molecule has 3 aromatic rings. The van der Waals surface area contributed by atoms with E-state index in [2.05, 4.69) is 4.98 Å². The molecule has 5 rings (SSSR count). The van der Waals surface area contributed by atoms with E-state index in [1.54, 1.807) is 47.6 Å². The van der Waals surface area contributed by atoms with Crippen LogP contribution in [-0.4, -0.2) is 55.4 Å². The van der Waals surface area contributed by atoms with Crippen LogP contribution in [0, 0.1) is 0 Å². The van der Waals surface area contributed by atoms with Gasteiger partial charge in [-0.1, -0.05) is 24.3 Å². The van der Waals surface area contributed by atoms with Crippen LogP contribution in [0.15, 0.2) is 67.0 Å². The molecule has 1 N–H and O–H groups in total.